The maximum absolute atomic E-state index is 12.9. The number of carbonyl (C=O) groups is 2. The van der Waals surface area contributed by atoms with Gasteiger partial charge in [0.1, 0.15) is 23.5 Å². The molecule has 1 amide bonds. The molecule has 0 saturated carbocycles. The summed E-state index contributed by atoms with van der Waals surface area (Å²) in [5.74, 6) is 0.536. The standard InChI is InChI=1S/C25H24ClN3O5/c1-2-33-20-9-5-18(6-10-20)23(30)29-12-11-25(15-29,24(31)32)16-34-21-7-3-17(4-8-21)22-27-13-19(26)14-28-22/h3-10,13-14H,2,11-12,15-16H2,1H3,(H,31,32). The van der Waals surface area contributed by atoms with Gasteiger partial charge in [-0.05, 0) is 61.9 Å². The van der Waals surface area contributed by atoms with Gasteiger partial charge in [-0.15, -0.1) is 0 Å². The maximum Gasteiger partial charge on any atom is 0.315 e. The van der Waals surface area contributed by atoms with Crippen LogP contribution in [-0.4, -0.2) is 58.2 Å². The molecule has 1 N–H and O–H groups in total. The first-order valence-electron chi connectivity index (χ1n) is 10.9. The summed E-state index contributed by atoms with van der Waals surface area (Å²) in [5, 5.41) is 10.4. The fraction of sp³-hybridized carbons (Fsp3) is 0.280. The highest BCUT2D eigenvalue weighted by atomic mass is 35.5. The molecular weight excluding hydrogens is 458 g/mol. The van der Waals surface area contributed by atoms with Gasteiger partial charge in [-0.3, -0.25) is 9.59 Å². The van der Waals surface area contributed by atoms with Crippen molar-refractivity contribution >= 4 is 23.5 Å². The molecule has 1 aromatic heterocycles. The van der Waals surface area contributed by atoms with Crippen molar-refractivity contribution in [2.45, 2.75) is 13.3 Å². The molecule has 176 valence electrons. The number of nitrogens with zero attached hydrogens (tertiary/aromatic N) is 3. The number of hydrogen-bond donors (Lipinski definition) is 1. The Morgan fingerprint density at radius 3 is 2.26 bits per heavy atom. The number of carboxylic acids is 1. The molecule has 1 atom stereocenters. The molecule has 2 aromatic carbocycles. The van der Waals surface area contributed by atoms with E-state index in [-0.39, 0.29) is 19.1 Å². The Morgan fingerprint density at radius 1 is 1.03 bits per heavy atom. The number of likely N-dealkylation sites (tertiary alicyclic amines) is 1. The van der Waals surface area contributed by atoms with Crippen LogP contribution in [0.25, 0.3) is 11.4 Å². The molecule has 8 nitrogen and oxygen atoms in total. The molecule has 1 unspecified atom stereocenters. The van der Waals surface area contributed by atoms with Gasteiger partial charge in [0.25, 0.3) is 5.91 Å². The second-order valence-corrected chi connectivity index (χ2v) is 8.49. The van der Waals surface area contributed by atoms with E-state index < -0.39 is 11.4 Å². The van der Waals surface area contributed by atoms with Crippen molar-refractivity contribution in [1.29, 1.82) is 0 Å². The highest BCUT2D eigenvalue weighted by Gasteiger charge is 2.47. The quantitative estimate of drug-likeness (QED) is 0.514. The van der Waals surface area contributed by atoms with E-state index in [0.717, 1.165) is 5.56 Å². The molecule has 0 radical (unpaired) electrons. The van der Waals surface area contributed by atoms with E-state index in [4.69, 9.17) is 21.1 Å². The Balaban J connectivity index is 1.40. The van der Waals surface area contributed by atoms with Crippen LogP contribution in [0.2, 0.25) is 5.02 Å². The van der Waals surface area contributed by atoms with Crippen LogP contribution in [0, 0.1) is 5.41 Å². The fourth-order valence-electron chi connectivity index (χ4n) is 3.83. The third kappa shape index (κ3) is 5.12. The molecule has 3 aromatic rings. The van der Waals surface area contributed by atoms with Crippen molar-refractivity contribution < 1.29 is 24.2 Å². The SMILES string of the molecule is CCOc1ccc(C(=O)N2CCC(COc3ccc(-c4ncc(Cl)cn4)cc3)(C(=O)O)C2)cc1. The summed E-state index contributed by atoms with van der Waals surface area (Å²) in [4.78, 5) is 35.0. The second kappa shape index (κ2) is 10.1. The summed E-state index contributed by atoms with van der Waals surface area (Å²) in [6, 6.07) is 13.9. The van der Waals surface area contributed by atoms with Gasteiger partial charge in [-0.2, -0.15) is 0 Å². The summed E-state index contributed by atoms with van der Waals surface area (Å²) in [6.45, 7) is 2.79. The monoisotopic (exact) mass is 481 g/mol. The van der Waals surface area contributed by atoms with E-state index >= 15 is 0 Å². The lowest BCUT2D eigenvalue weighted by atomic mass is 9.88. The Kier molecular flexibility index (Phi) is 6.98. The van der Waals surface area contributed by atoms with Crippen LogP contribution in [0.1, 0.15) is 23.7 Å². The minimum Gasteiger partial charge on any atom is -0.494 e. The first kappa shape index (κ1) is 23.5. The van der Waals surface area contributed by atoms with Gasteiger partial charge >= 0.3 is 5.97 Å². The summed E-state index contributed by atoms with van der Waals surface area (Å²) < 4.78 is 11.3. The zero-order valence-electron chi connectivity index (χ0n) is 18.6. The van der Waals surface area contributed by atoms with Crippen molar-refractivity contribution in [1.82, 2.24) is 14.9 Å². The minimum absolute atomic E-state index is 0.0494. The van der Waals surface area contributed by atoms with Crippen LogP contribution in [0.3, 0.4) is 0 Å². The Hall–Kier alpha value is -3.65. The van der Waals surface area contributed by atoms with Gasteiger partial charge < -0.3 is 19.5 Å². The second-order valence-electron chi connectivity index (χ2n) is 8.06. The molecule has 1 aliphatic rings. The van der Waals surface area contributed by atoms with Gasteiger partial charge in [0.05, 0.1) is 11.6 Å². The number of halogens is 1. The number of aliphatic carboxylic acids is 1. The normalized spacial score (nSPS) is 17.4. The summed E-state index contributed by atoms with van der Waals surface area (Å²) in [5.41, 5.74) is 0.0920. The number of benzene rings is 2. The van der Waals surface area contributed by atoms with E-state index in [2.05, 4.69) is 9.97 Å². The topological polar surface area (TPSA) is 102 Å². The molecule has 34 heavy (non-hydrogen) atoms. The van der Waals surface area contributed by atoms with Crippen LogP contribution < -0.4 is 9.47 Å². The number of carbonyl (C=O) groups excluding carboxylic acids is 1. The van der Waals surface area contributed by atoms with E-state index in [0.29, 0.717) is 47.5 Å². The van der Waals surface area contributed by atoms with Crippen LogP contribution in [0.4, 0.5) is 0 Å². The molecular formula is C25H24ClN3O5. The van der Waals surface area contributed by atoms with Gasteiger partial charge in [0, 0.05) is 36.6 Å². The predicted molar refractivity (Wildman–Crippen MR) is 126 cm³/mol. The van der Waals surface area contributed by atoms with Crippen molar-refractivity contribution in [3.63, 3.8) is 0 Å². The number of amides is 1. The van der Waals surface area contributed by atoms with Gasteiger partial charge in [0.15, 0.2) is 5.82 Å². The molecule has 0 aliphatic carbocycles. The first-order valence-corrected chi connectivity index (χ1v) is 11.2. The molecule has 9 heteroatoms. The van der Waals surface area contributed by atoms with E-state index in [1.54, 1.807) is 53.4 Å². The first-order chi connectivity index (χ1) is 16.4. The van der Waals surface area contributed by atoms with Crippen molar-refractivity contribution in [2.24, 2.45) is 5.41 Å². The van der Waals surface area contributed by atoms with Crippen LogP contribution in [-0.2, 0) is 4.79 Å². The third-order valence-electron chi connectivity index (χ3n) is 5.75. The minimum atomic E-state index is -1.18. The number of aromatic nitrogens is 2. The lowest BCUT2D eigenvalue weighted by molar-refractivity contribution is -0.149. The zero-order chi connectivity index (χ0) is 24.1. The maximum atomic E-state index is 12.9. The smallest absolute Gasteiger partial charge is 0.315 e. The molecule has 1 saturated heterocycles. The van der Waals surface area contributed by atoms with Crippen LogP contribution >= 0.6 is 11.6 Å². The molecule has 2 heterocycles. The van der Waals surface area contributed by atoms with E-state index in [1.807, 2.05) is 6.92 Å². The summed E-state index contributed by atoms with van der Waals surface area (Å²) >= 11 is 5.83. The van der Waals surface area contributed by atoms with Gasteiger partial charge in [0.2, 0.25) is 0 Å². The van der Waals surface area contributed by atoms with Crippen molar-refractivity contribution in [3.8, 4) is 22.9 Å². The molecule has 1 fully saturated rings. The lowest BCUT2D eigenvalue weighted by Crippen LogP contribution is -2.41. The summed E-state index contributed by atoms with van der Waals surface area (Å²) in [7, 11) is 0. The van der Waals surface area contributed by atoms with E-state index in [1.165, 1.54) is 12.4 Å². The Morgan fingerprint density at radius 2 is 1.65 bits per heavy atom. The van der Waals surface area contributed by atoms with Gasteiger partial charge in [-0.1, -0.05) is 11.6 Å². The molecule has 0 bridgehead atoms. The zero-order valence-corrected chi connectivity index (χ0v) is 19.4. The van der Waals surface area contributed by atoms with Crippen molar-refractivity contribution in [2.75, 3.05) is 26.3 Å². The number of hydrogen-bond acceptors (Lipinski definition) is 6. The predicted octanol–water partition coefficient (Wildman–Crippen LogP) is 4.19. The van der Waals surface area contributed by atoms with Crippen LogP contribution in [0.15, 0.2) is 60.9 Å². The van der Waals surface area contributed by atoms with Crippen molar-refractivity contribution in [3.05, 3.63) is 71.5 Å². The largest absolute Gasteiger partial charge is 0.494 e. The van der Waals surface area contributed by atoms with E-state index in [9.17, 15) is 14.7 Å². The summed E-state index contributed by atoms with van der Waals surface area (Å²) in [6.07, 6.45) is 3.35. The Labute approximate surface area is 202 Å². The lowest BCUT2D eigenvalue weighted by Gasteiger charge is -2.25. The van der Waals surface area contributed by atoms with Crippen LogP contribution in [0.5, 0.6) is 11.5 Å². The number of carboxylic acid groups (broad SMARTS) is 1. The number of rotatable bonds is 8. The molecule has 0 spiro atoms. The Bertz CT molecular complexity index is 1150. The average Bonchev–Trinajstić information content (AvgIpc) is 3.30. The highest BCUT2D eigenvalue weighted by Crippen LogP contribution is 2.33. The molecule has 1 aliphatic heterocycles. The number of ether oxygens (including phenoxy) is 2. The fourth-order valence-corrected chi connectivity index (χ4v) is 3.92. The third-order valence-corrected chi connectivity index (χ3v) is 5.95. The van der Waals surface area contributed by atoms with Gasteiger partial charge in [-0.25, -0.2) is 9.97 Å². The highest BCUT2D eigenvalue weighted by molar-refractivity contribution is 6.30. The molecule has 4 rings (SSSR count). The average molecular weight is 482 g/mol.